The summed E-state index contributed by atoms with van der Waals surface area (Å²) in [4.78, 5) is 21.7. The largest absolute Gasteiger partial charge is 0.444 e. The van der Waals surface area contributed by atoms with Gasteiger partial charge in [0.05, 0.1) is 0 Å². The number of carbonyl (C=O) groups is 2. The van der Waals surface area contributed by atoms with Crippen molar-refractivity contribution in [2.45, 2.75) is 32.8 Å². The Balaban J connectivity index is 3.67. The van der Waals surface area contributed by atoms with Gasteiger partial charge < -0.3 is 10.1 Å². The van der Waals surface area contributed by atoms with Crippen LogP contribution in [-0.2, 0) is 9.53 Å². The fraction of sp³-hybridized carbons (Fsp3) is 0.600. The van der Waals surface area contributed by atoms with Crippen molar-refractivity contribution in [1.29, 1.82) is 0 Å². The molecule has 0 saturated heterocycles. The van der Waals surface area contributed by atoms with Crippen molar-refractivity contribution < 1.29 is 14.3 Å². The van der Waals surface area contributed by atoms with Crippen molar-refractivity contribution in [1.82, 2.24) is 5.32 Å². The average Bonchev–Trinajstić information content (AvgIpc) is 2.00. The molecule has 0 unspecified atom stereocenters. The first-order chi connectivity index (χ1) is 6.35. The van der Waals surface area contributed by atoms with E-state index in [-0.39, 0.29) is 18.7 Å². The van der Waals surface area contributed by atoms with E-state index in [0.29, 0.717) is 0 Å². The van der Waals surface area contributed by atoms with Crippen LogP contribution >= 0.6 is 0 Å². The van der Waals surface area contributed by atoms with E-state index in [0.717, 1.165) is 0 Å². The maximum Gasteiger partial charge on any atom is 0.407 e. The van der Waals surface area contributed by atoms with Crippen LogP contribution in [0.3, 0.4) is 0 Å². The van der Waals surface area contributed by atoms with E-state index in [1.807, 2.05) is 5.92 Å². The summed E-state index contributed by atoms with van der Waals surface area (Å²) >= 11 is 0. The van der Waals surface area contributed by atoms with Crippen LogP contribution in [0.4, 0.5) is 4.79 Å². The van der Waals surface area contributed by atoms with Crippen molar-refractivity contribution in [3.8, 4) is 12.3 Å². The summed E-state index contributed by atoms with van der Waals surface area (Å²) in [6.45, 7) is 5.50. The molecule has 0 bridgehead atoms. The summed E-state index contributed by atoms with van der Waals surface area (Å²) in [6, 6.07) is 0. The molecule has 0 aliphatic heterocycles. The summed E-state index contributed by atoms with van der Waals surface area (Å²) in [7, 11) is 0. The zero-order valence-corrected chi connectivity index (χ0v) is 8.72. The molecule has 0 aliphatic rings. The smallest absolute Gasteiger partial charge is 0.407 e. The minimum Gasteiger partial charge on any atom is -0.444 e. The zero-order chi connectivity index (χ0) is 11.2. The molecule has 0 aliphatic carbocycles. The number of Topliss-reactive ketones (excluding diaryl/α,β-unsaturated/α-hetero) is 1. The van der Waals surface area contributed by atoms with Crippen molar-refractivity contribution in [3.63, 3.8) is 0 Å². The van der Waals surface area contributed by atoms with Crippen molar-refractivity contribution >= 4 is 11.9 Å². The molecule has 0 atom stereocenters. The Hall–Kier alpha value is -1.50. The number of ether oxygens (including phenoxy) is 1. The molecule has 4 heteroatoms. The number of nitrogens with one attached hydrogen (secondary N) is 1. The van der Waals surface area contributed by atoms with Gasteiger partial charge >= 0.3 is 6.09 Å². The Bertz CT molecular complexity index is 258. The molecule has 4 nitrogen and oxygen atoms in total. The highest BCUT2D eigenvalue weighted by Gasteiger charge is 2.15. The number of amides is 1. The van der Waals surface area contributed by atoms with Crippen molar-refractivity contribution in [2.24, 2.45) is 0 Å². The molecule has 0 aromatic rings. The highest BCUT2D eigenvalue weighted by molar-refractivity contribution is 5.95. The fourth-order valence-corrected chi connectivity index (χ4v) is 0.664. The topological polar surface area (TPSA) is 55.4 Å². The number of alkyl carbamates (subject to hydrolysis) is 1. The first-order valence-corrected chi connectivity index (χ1v) is 4.31. The van der Waals surface area contributed by atoms with Crippen LogP contribution in [0.15, 0.2) is 0 Å². The quantitative estimate of drug-likeness (QED) is 0.544. The number of carbonyl (C=O) groups excluding carboxylic acids is 2. The third kappa shape index (κ3) is 7.17. The van der Waals surface area contributed by atoms with Crippen molar-refractivity contribution in [2.75, 3.05) is 6.54 Å². The second kappa shape index (κ2) is 5.28. The number of ketones is 1. The SMILES string of the molecule is C#CC(=O)CCNC(=O)OC(C)(C)C. The van der Waals surface area contributed by atoms with E-state index in [2.05, 4.69) is 5.32 Å². The fourth-order valence-electron chi connectivity index (χ4n) is 0.664. The Morgan fingerprint density at radius 1 is 1.43 bits per heavy atom. The maximum absolute atomic E-state index is 11.0. The van der Waals surface area contributed by atoms with E-state index in [4.69, 9.17) is 11.2 Å². The summed E-state index contributed by atoms with van der Waals surface area (Å²) in [6.07, 6.45) is 4.44. The van der Waals surface area contributed by atoms with Gasteiger partial charge in [-0.15, -0.1) is 6.42 Å². The van der Waals surface area contributed by atoms with Gasteiger partial charge in [0.2, 0.25) is 5.78 Å². The molecule has 78 valence electrons. The molecule has 0 fully saturated rings. The number of terminal acetylenes is 1. The summed E-state index contributed by atoms with van der Waals surface area (Å²) in [5.41, 5.74) is -0.528. The summed E-state index contributed by atoms with van der Waals surface area (Å²) in [5, 5.41) is 2.43. The molecule has 0 rings (SSSR count). The first kappa shape index (κ1) is 12.5. The molecule has 0 saturated carbocycles. The van der Waals surface area contributed by atoms with Crippen LogP contribution in [0.1, 0.15) is 27.2 Å². The molecule has 1 N–H and O–H groups in total. The zero-order valence-electron chi connectivity index (χ0n) is 8.72. The molecule has 0 aromatic carbocycles. The Labute approximate surface area is 84.0 Å². The van der Waals surface area contributed by atoms with Crippen molar-refractivity contribution in [3.05, 3.63) is 0 Å². The van der Waals surface area contributed by atoms with Gasteiger partial charge in [-0.3, -0.25) is 4.79 Å². The van der Waals surface area contributed by atoms with Crippen LogP contribution in [0.25, 0.3) is 0 Å². The normalized spacial score (nSPS) is 10.1. The summed E-state index contributed by atoms with van der Waals surface area (Å²) in [5.74, 6) is 1.62. The molecular weight excluding hydrogens is 182 g/mol. The van der Waals surface area contributed by atoms with Crippen LogP contribution in [0.5, 0.6) is 0 Å². The standard InChI is InChI=1S/C10H15NO3/c1-5-8(12)6-7-11-9(13)14-10(2,3)4/h1H,6-7H2,2-4H3,(H,11,13). The maximum atomic E-state index is 11.0. The second-order valence-corrected chi connectivity index (χ2v) is 3.75. The summed E-state index contributed by atoms with van der Waals surface area (Å²) < 4.78 is 4.94. The highest BCUT2D eigenvalue weighted by atomic mass is 16.6. The number of hydrogen-bond donors (Lipinski definition) is 1. The van der Waals surface area contributed by atoms with E-state index in [1.165, 1.54) is 0 Å². The molecule has 14 heavy (non-hydrogen) atoms. The predicted octanol–water partition coefficient (Wildman–Crippen LogP) is 1.10. The van der Waals surface area contributed by atoms with E-state index in [9.17, 15) is 9.59 Å². The highest BCUT2D eigenvalue weighted by Crippen LogP contribution is 2.06. The lowest BCUT2D eigenvalue weighted by molar-refractivity contribution is -0.113. The van der Waals surface area contributed by atoms with Gasteiger partial charge in [-0.05, 0) is 26.7 Å². The molecule has 0 spiro atoms. The predicted molar refractivity (Wildman–Crippen MR) is 52.7 cm³/mol. The van der Waals surface area contributed by atoms with Gasteiger partial charge in [-0.2, -0.15) is 0 Å². The third-order valence-electron chi connectivity index (χ3n) is 1.18. The minimum absolute atomic E-state index is 0.135. The van der Waals surface area contributed by atoms with E-state index >= 15 is 0 Å². The van der Waals surface area contributed by atoms with Crippen LogP contribution < -0.4 is 5.32 Å². The third-order valence-corrected chi connectivity index (χ3v) is 1.18. The van der Waals surface area contributed by atoms with E-state index < -0.39 is 11.7 Å². The molecule has 0 heterocycles. The van der Waals surface area contributed by atoms with Gasteiger partial charge in [0.25, 0.3) is 0 Å². The molecule has 0 radical (unpaired) electrons. The van der Waals surface area contributed by atoms with Crippen LogP contribution in [-0.4, -0.2) is 24.0 Å². The van der Waals surface area contributed by atoms with Gasteiger partial charge in [0, 0.05) is 13.0 Å². The molecule has 1 amide bonds. The van der Waals surface area contributed by atoms with Gasteiger partial charge in [-0.1, -0.05) is 0 Å². The van der Waals surface area contributed by atoms with Gasteiger partial charge in [-0.25, -0.2) is 4.79 Å². The lowest BCUT2D eigenvalue weighted by Crippen LogP contribution is -2.33. The van der Waals surface area contributed by atoms with Crippen LogP contribution in [0.2, 0.25) is 0 Å². The monoisotopic (exact) mass is 197 g/mol. The molecular formula is C10H15NO3. The lowest BCUT2D eigenvalue weighted by Gasteiger charge is -2.19. The number of rotatable bonds is 3. The van der Waals surface area contributed by atoms with Gasteiger partial charge in [0.1, 0.15) is 5.60 Å². The Morgan fingerprint density at radius 2 is 2.00 bits per heavy atom. The van der Waals surface area contributed by atoms with E-state index in [1.54, 1.807) is 20.8 Å². The Kier molecular flexibility index (Phi) is 4.71. The number of hydrogen-bond acceptors (Lipinski definition) is 3. The van der Waals surface area contributed by atoms with Crippen LogP contribution in [0, 0.1) is 12.3 Å². The average molecular weight is 197 g/mol. The lowest BCUT2D eigenvalue weighted by atomic mass is 10.2. The molecule has 0 aromatic heterocycles. The second-order valence-electron chi connectivity index (χ2n) is 3.75. The first-order valence-electron chi connectivity index (χ1n) is 4.31. The Morgan fingerprint density at radius 3 is 2.43 bits per heavy atom. The van der Waals surface area contributed by atoms with Gasteiger partial charge in [0.15, 0.2) is 0 Å². The minimum atomic E-state index is -0.540.